The maximum Gasteiger partial charge on any atom is 0.330 e. The fourth-order valence-electron chi connectivity index (χ4n) is 4.34. The standard InChI is InChI=1S/C30H26O13/c31-16-5-1-14(2-6-16)3-10-24(35)40-13-23-25(36)27(38)28(39)30(43-23)42-21-9-7-17-19(33)12-22(41-29(17)26(21)37)15-4-8-18(32)20(34)11-15/h1-12,23,25,27-28,30-32,34,36-39H,13H2/t23-,25+,27+,28+,30-/m1/s1. The summed E-state index contributed by atoms with van der Waals surface area (Å²) < 4.78 is 22.0. The molecule has 1 aliphatic rings. The van der Waals surface area contributed by atoms with Crippen molar-refractivity contribution < 1.29 is 59.2 Å². The minimum atomic E-state index is -1.80. The van der Waals surface area contributed by atoms with Gasteiger partial charge in [0.1, 0.15) is 42.5 Å². The second kappa shape index (κ2) is 12.0. The van der Waals surface area contributed by atoms with Gasteiger partial charge in [0.2, 0.25) is 12.0 Å². The number of ether oxygens (including phenoxy) is 3. The number of aliphatic hydroxyl groups excluding tert-OH is 3. The highest BCUT2D eigenvalue weighted by molar-refractivity contribution is 5.87. The number of phenolic OH excluding ortho intramolecular Hbond substituents is 4. The van der Waals surface area contributed by atoms with Crippen molar-refractivity contribution >= 4 is 23.0 Å². The smallest absolute Gasteiger partial charge is 0.330 e. The molecule has 5 rings (SSSR count). The first-order valence-electron chi connectivity index (χ1n) is 12.8. The van der Waals surface area contributed by atoms with Crippen LogP contribution >= 0.6 is 0 Å². The quantitative estimate of drug-likeness (QED) is 0.0923. The highest BCUT2D eigenvalue weighted by atomic mass is 16.7. The van der Waals surface area contributed by atoms with Gasteiger partial charge in [-0.1, -0.05) is 12.1 Å². The van der Waals surface area contributed by atoms with E-state index in [0.29, 0.717) is 5.56 Å². The average molecular weight is 595 g/mol. The predicted octanol–water partition coefficient (Wildman–Crippen LogP) is 1.73. The SMILES string of the molecule is O=C(C=Cc1ccc(O)cc1)OC[C@H]1O[C@@H](Oc2ccc3c(=O)cc(-c4ccc(O)c(O)c4)oc3c2O)[C@@H](O)[C@@H](O)[C@H]1O. The molecule has 0 amide bonds. The van der Waals surface area contributed by atoms with Crippen LogP contribution in [0.1, 0.15) is 5.56 Å². The summed E-state index contributed by atoms with van der Waals surface area (Å²) in [5.74, 6) is -2.61. The third kappa shape index (κ3) is 6.24. The molecule has 3 aromatic carbocycles. The van der Waals surface area contributed by atoms with Crippen LogP contribution in [0.15, 0.2) is 76.0 Å². The molecule has 13 nitrogen and oxygen atoms in total. The summed E-state index contributed by atoms with van der Waals surface area (Å²) in [5.41, 5.74) is -0.0163. The minimum Gasteiger partial charge on any atom is -0.508 e. The number of aromatic hydroxyl groups is 4. The molecule has 1 saturated heterocycles. The number of benzene rings is 3. The molecular formula is C30H26O13. The van der Waals surface area contributed by atoms with Crippen molar-refractivity contribution in [3.05, 3.63) is 82.5 Å². The first-order chi connectivity index (χ1) is 20.5. The third-order valence-electron chi connectivity index (χ3n) is 6.70. The topological polar surface area (TPSA) is 217 Å². The molecule has 0 unspecified atom stereocenters. The first-order valence-corrected chi connectivity index (χ1v) is 12.8. The molecule has 0 saturated carbocycles. The fraction of sp³-hybridized carbons (Fsp3) is 0.200. The van der Waals surface area contributed by atoms with E-state index in [9.17, 15) is 45.3 Å². The van der Waals surface area contributed by atoms with Gasteiger partial charge in [0.15, 0.2) is 28.3 Å². The zero-order chi connectivity index (χ0) is 30.8. The van der Waals surface area contributed by atoms with E-state index in [4.69, 9.17) is 18.6 Å². The lowest BCUT2D eigenvalue weighted by Crippen LogP contribution is -2.60. The number of carbonyl (C=O) groups is 1. The number of hydrogen-bond donors (Lipinski definition) is 7. The highest BCUT2D eigenvalue weighted by Crippen LogP contribution is 2.38. The number of esters is 1. The minimum absolute atomic E-state index is 0.0256. The molecule has 5 atom stereocenters. The van der Waals surface area contributed by atoms with Gasteiger partial charge in [-0.2, -0.15) is 0 Å². The van der Waals surface area contributed by atoms with E-state index in [2.05, 4.69) is 0 Å². The number of fused-ring (bicyclic) bond motifs is 1. The van der Waals surface area contributed by atoms with Crippen LogP contribution in [0.3, 0.4) is 0 Å². The van der Waals surface area contributed by atoms with Crippen LogP contribution in [0.4, 0.5) is 0 Å². The van der Waals surface area contributed by atoms with Gasteiger partial charge in [-0.25, -0.2) is 4.79 Å². The lowest BCUT2D eigenvalue weighted by atomic mass is 9.99. The molecule has 1 aliphatic heterocycles. The van der Waals surface area contributed by atoms with Crippen molar-refractivity contribution in [2.24, 2.45) is 0 Å². The van der Waals surface area contributed by atoms with Gasteiger partial charge < -0.3 is 54.4 Å². The number of hydrogen-bond acceptors (Lipinski definition) is 13. The van der Waals surface area contributed by atoms with Crippen molar-refractivity contribution in [2.45, 2.75) is 30.7 Å². The van der Waals surface area contributed by atoms with Crippen LogP contribution in [0.5, 0.6) is 28.7 Å². The van der Waals surface area contributed by atoms with E-state index in [1.807, 2.05) is 0 Å². The molecule has 1 fully saturated rings. The van der Waals surface area contributed by atoms with E-state index >= 15 is 0 Å². The summed E-state index contributed by atoms with van der Waals surface area (Å²) in [6.07, 6.45) is -5.73. The van der Waals surface area contributed by atoms with Gasteiger partial charge in [0.05, 0.1) is 5.39 Å². The molecule has 43 heavy (non-hydrogen) atoms. The normalized spacial score (nSPS) is 22.1. The largest absolute Gasteiger partial charge is 0.508 e. The van der Waals surface area contributed by atoms with E-state index in [-0.39, 0.29) is 39.5 Å². The predicted molar refractivity (Wildman–Crippen MR) is 148 cm³/mol. The van der Waals surface area contributed by atoms with E-state index in [1.165, 1.54) is 42.5 Å². The number of carbonyl (C=O) groups excluding carboxylic acids is 1. The maximum atomic E-state index is 12.7. The summed E-state index contributed by atoms with van der Waals surface area (Å²) in [6, 6.07) is 13.4. The average Bonchev–Trinajstić information content (AvgIpc) is 2.99. The van der Waals surface area contributed by atoms with Crippen LogP contribution in [-0.2, 0) is 14.3 Å². The summed E-state index contributed by atoms with van der Waals surface area (Å²) >= 11 is 0. The molecule has 2 heterocycles. The van der Waals surface area contributed by atoms with E-state index < -0.39 is 60.2 Å². The second-order valence-corrected chi connectivity index (χ2v) is 9.65. The molecule has 0 bridgehead atoms. The Kier molecular flexibility index (Phi) is 8.23. The Balaban J connectivity index is 1.33. The number of rotatable bonds is 7. The highest BCUT2D eigenvalue weighted by Gasteiger charge is 2.45. The molecule has 13 heteroatoms. The van der Waals surface area contributed by atoms with Gasteiger partial charge in [0, 0.05) is 17.7 Å². The maximum absolute atomic E-state index is 12.7. The van der Waals surface area contributed by atoms with Gasteiger partial charge in [-0.3, -0.25) is 4.79 Å². The van der Waals surface area contributed by atoms with Gasteiger partial charge in [-0.15, -0.1) is 0 Å². The van der Waals surface area contributed by atoms with E-state index in [1.54, 1.807) is 12.1 Å². The van der Waals surface area contributed by atoms with Crippen molar-refractivity contribution in [3.63, 3.8) is 0 Å². The molecule has 0 spiro atoms. The molecule has 0 radical (unpaired) electrons. The van der Waals surface area contributed by atoms with Gasteiger partial charge >= 0.3 is 5.97 Å². The van der Waals surface area contributed by atoms with Crippen molar-refractivity contribution in [1.82, 2.24) is 0 Å². The lowest BCUT2D eigenvalue weighted by molar-refractivity contribution is -0.278. The van der Waals surface area contributed by atoms with E-state index in [0.717, 1.165) is 18.2 Å². The van der Waals surface area contributed by atoms with Gasteiger partial charge in [0.25, 0.3) is 0 Å². The Morgan fingerprint density at radius 1 is 0.860 bits per heavy atom. The fourth-order valence-corrected chi connectivity index (χ4v) is 4.34. The molecule has 1 aromatic heterocycles. The van der Waals surface area contributed by atoms with Crippen LogP contribution in [-0.4, -0.2) is 79.0 Å². The van der Waals surface area contributed by atoms with Crippen LogP contribution in [0, 0.1) is 0 Å². The molecule has 7 N–H and O–H groups in total. The third-order valence-corrected chi connectivity index (χ3v) is 6.70. The summed E-state index contributed by atoms with van der Waals surface area (Å²) in [6.45, 7) is -0.537. The number of phenols is 4. The van der Waals surface area contributed by atoms with Crippen molar-refractivity contribution in [3.8, 4) is 40.1 Å². The molecule has 224 valence electrons. The zero-order valence-electron chi connectivity index (χ0n) is 22.1. The van der Waals surface area contributed by atoms with Crippen LogP contribution in [0.25, 0.3) is 28.4 Å². The lowest BCUT2D eigenvalue weighted by Gasteiger charge is -2.39. The second-order valence-electron chi connectivity index (χ2n) is 9.65. The van der Waals surface area contributed by atoms with Crippen LogP contribution < -0.4 is 10.2 Å². The molecule has 4 aromatic rings. The number of aliphatic hydroxyl groups is 3. The Hall–Kier alpha value is -5.08. The monoisotopic (exact) mass is 594 g/mol. The van der Waals surface area contributed by atoms with Crippen molar-refractivity contribution in [2.75, 3.05) is 6.61 Å². The van der Waals surface area contributed by atoms with Crippen LogP contribution in [0.2, 0.25) is 0 Å². The molecule has 0 aliphatic carbocycles. The summed E-state index contributed by atoms with van der Waals surface area (Å²) in [4.78, 5) is 24.9. The first kappa shape index (κ1) is 29.4. The Morgan fingerprint density at radius 2 is 1.60 bits per heavy atom. The Bertz CT molecular complexity index is 1730. The van der Waals surface area contributed by atoms with Crippen molar-refractivity contribution in [1.29, 1.82) is 0 Å². The zero-order valence-corrected chi connectivity index (χ0v) is 22.1. The van der Waals surface area contributed by atoms with Gasteiger partial charge in [-0.05, 0) is 54.1 Å². The summed E-state index contributed by atoms with van der Waals surface area (Å²) in [7, 11) is 0. The Morgan fingerprint density at radius 3 is 2.33 bits per heavy atom. The Labute approximate surface area is 242 Å². The summed E-state index contributed by atoms with van der Waals surface area (Å²) in [5, 5.41) is 70.9. The molecular weight excluding hydrogens is 568 g/mol.